The van der Waals surface area contributed by atoms with Crippen LogP contribution in [0.3, 0.4) is 0 Å². The molecule has 0 radical (unpaired) electrons. The smallest absolute Gasteiger partial charge is 0.400 e. The lowest BCUT2D eigenvalue weighted by molar-refractivity contribution is 0.00578. The third kappa shape index (κ3) is 6.01. The van der Waals surface area contributed by atoms with Crippen LogP contribution in [-0.2, 0) is 28.1 Å². The normalized spacial score (nSPS) is 35.9. The monoisotopic (exact) mass is 476 g/mol. The Hall–Kier alpha value is -0.630. The fourth-order valence-electron chi connectivity index (χ4n) is 4.65. The van der Waals surface area contributed by atoms with Crippen LogP contribution in [0, 0.1) is 0 Å². The zero-order chi connectivity index (χ0) is 25.7. The highest BCUT2D eigenvalue weighted by Crippen LogP contribution is 2.41. The quantitative estimate of drug-likeness (QED) is 0.492. The fraction of sp³-hybridized carbons (Fsp3) is 0.846. The molecular weight excluding hydrogens is 430 g/mol. The van der Waals surface area contributed by atoms with Crippen LogP contribution in [0.15, 0.2) is 23.1 Å². The summed E-state index contributed by atoms with van der Waals surface area (Å²) in [7, 11) is -0.428. The van der Waals surface area contributed by atoms with E-state index >= 15 is 0 Å². The van der Waals surface area contributed by atoms with Crippen LogP contribution >= 0.6 is 0 Å². The molecule has 0 aromatic heterocycles. The van der Waals surface area contributed by atoms with E-state index in [1.165, 1.54) is 10.9 Å². The van der Waals surface area contributed by atoms with E-state index in [0.717, 1.165) is 12.8 Å². The maximum atomic E-state index is 6.05. The zero-order valence-corrected chi connectivity index (χ0v) is 23.5. The first kappa shape index (κ1) is 27.9. The summed E-state index contributed by atoms with van der Waals surface area (Å²) in [6.45, 7) is 25.0. The van der Waals surface area contributed by atoms with Gasteiger partial charge in [0.2, 0.25) is 0 Å². The fourth-order valence-corrected chi connectivity index (χ4v) is 4.65. The third-order valence-corrected chi connectivity index (χ3v) is 7.95. The highest BCUT2D eigenvalue weighted by molar-refractivity contribution is 6.55. The second-order valence-corrected chi connectivity index (χ2v) is 12.4. The summed E-state index contributed by atoms with van der Waals surface area (Å²) in [4.78, 5) is 0. The molecule has 34 heavy (non-hydrogen) atoms. The molecule has 0 aromatic carbocycles. The Labute approximate surface area is 208 Å². The van der Waals surface area contributed by atoms with E-state index in [1.54, 1.807) is 0 Å². The molecule has 0 N–H and O–H groups in total. The average molecular weight is 476 g/mol. The molecule has 4 atom stereocenters. The van der Waals surface area contributed by atoms with E-state index in [1.807, 2.05) is 0 Å². The van der Waals surface area contributed by atoms with Gasteiger partial charge in [0.15, 0.2) is 0 Å². The Morgan fingerprint density at radius 2 is 0.824 bits per heavy atom. The molecule has 4 rings (SSSR count). The summed E-state index contributed by atoms with van der Waals surface area (Å²) in [5.41, 5.74) is 1.39. The van der Waals surface area contributed by atoms with Crippen molar-refractivity contribution in [1.82, 2.24) is 0 Å². The van der Waals surface area contributed by atoms with Gasteiger partial charge in [0, 0.05) is 0 Å². The first-order valence-corrected chi connectivity index (χ1v) is 12.9. The molecule has 0 bridgehead atoms. The van der Waals surface area contributed by atoms with E-state index in [0.29, 0.717) is 0 Å². The van der Waals surface area contributed by atoms with E-state index in [4.69, 9.17) is 28.1 Å². The van der Waals surface area contributed by atoms with Gasteiger partial charge in [-0.1, -0.05) is 12.2 Å². The summed E-state index contributed by atoms with van der Waals surface area (Å²) in [5, 5.41) is 0. The van der Waals surface area contributed by atoms with E-state index in [2.05, 4.69) is 95.2 Å². The molecule has 6 nitrogen and oxygen atoms in total. The van der Waals surface area contributed by atoms with Gasteiger partial charge in [-0.05, 0) is 107 Å². The summed E-state index contributed by atoms with van der Waals surface area (Å²) in [6.07, 6.45) is 6.81. The predicted octanol–water partition coefficient (Wildman–Crippen LogP) is 5.48. The molecule has 0 unspecified atom stereocenters. The van der Waals surface area contributed by atoms with Gasteiger partial charge in [0.25, 0.3) is 0 Å². The molecule has 2 fully saturated rings. The molecule has 4 aliphatic heterocycles. The van der Waals surface area contributed by atoms with Crippen molar-refractivity contribution in [3.63, 3.8) is 0 Å². The lowest BCUT2D eigenvalue weighted by Crippen LogP contribution is -2.41. The van der Waals surface area contributed by atoms with Crippen molar-refractivity contribution in [3.8, 4) is 0 Å². The van der Waals surface area contributed by atoms with Crippen molar-refractivity contribution >= 4 is 14.2 Å². The molecule has 0 amide bonds. The average Bonchev–Trinajstić information content (AvgIpc) is 3.00. The molecule has 192 valence electrons. The highest BCUT2D eigenvalue weighted by Gasteiger charge is 2.53. The van der Waals surface area contributed by atoms with Crippen LogP contribution in [0.5, 0.6) is 0 Å². The number of rotatable bonds is 2. The largest absolute Gasteiger partial charge is 0.490 e. The Balaban J connectivity index is 0.000000191. The lowest BCUT2D eigenvalue weighted by Gasteiger charge is -2.32. The van der Waals surface area contributed by atoms with Crippen LogP contribution < -0.4 is 0 Å². The van der Waals surface area contributed by atoms with Gasteiger partial charge >= 0.3 is 14.2 Å². The summed E-state index contributed by atoms with van der Waals surface area (Å²) in [5.74, 6) is 0. The van der Waals surface area contributed by atoms with E-state index < -0.39 is 0 Å². The minimum absolute atomic E-state index is 0.146. The van der Waals surface area contributed by atoms with Crippen molar-refractivity contribution < 1.29 is 28.1 Å². The van der Waals surface area contributed by atoms with Gasteiger partial charge in [-0.25, -0.2) is 0 Å². The van der Waals surface area contributed by atoms with Gasteiger partial charge in [0.05, 0.1) is 46.8 Å². The van der Waals surface area contributed by atoms with Crippen LogP contribution in [0.2, 0.25) is 0 Å². The maximum Gasteiger partial charge on any atom is 0.490 e. The SMILES string of the molecule is C[C@@H]1C=C(B2OC(C)(C)C(C)(C)O2)C[C@@H](C)O1.C[C@H]1C=C(B2OC(C)(C)C(C)(C)O2)C[C@H](C)O1. The van der Waals surface area contributed by atoms with Crippen molar-refractivity contribution in [2.45, 2.75) is 143 Å². The molecule has 2 saturated heterocycles. The lowest BCUT2D eigenvalue weighted by atomic mass is 9.73. The van der Waals surface area contributed by atoms with Crippen molar-refractivity contribution in [2.24, 2.45) is 0 Å². The summed E-state index contributed by atoms with van der Waals surface area (Å²) < 4.78 is 35.6. The van der Waals surface area contributed by atoms with Gasteiger partial charge in [-0.3, -0.25) is 0 Å². The number of ether oxygens (including phenoxy) is 2. The summed E-state index contributed by atoms with van der Waals surface area (Å²) in [6, 6.07) is 0. The van der Waals surface area contributed by atoms with Crippen LogP contribution in [-0.4, -0.2) is 61.1 Å². The van der Waals surface area contributed by atoms with Crippen LogP contribution in [0.25, 0.3) is 0 Å². The maximum absolute atomic E-state index is 6.05. The molecule has 4 aliphatic rings. The third-order valence-electron chi connectivity index (χ3n) is 7.95. The first-order valence-electron chi connectivity index (χ1n) is 12.9. The second-order valence-electron chi connectivity index (χ2n) is 12.4. The highest BCUT2D eigenvalue weighted by atomic mass is 16.7. The van der Waals surface area contributed by atoms with Crippen LogP contribution in [0.4, 0.5) is 0 Å². The molecule has 0 aliphatic carbocycles. The minimum atomic E-state index is -0.261. The minimum Gasteiger partial charge on any atom is -0.400 e. The molecular formula is C26H46B2O6. The van der Waals surface area contributed by atoms with Gasteiger partial charge < -0.3 is 28.1 Å². The Bertz CT molecular complexity index is 705. The van der Waals surface area contributed by atoms with Gasteiger partial charge in [-0.15, -0.1) is 0 Å². The van der Waals surface area contributed by atoms with Gasteiger partial charge in [0.1, 0.15) is 0 Å². The number of hydrogen-bond donors (Lipinski definition) is 0. The Morgan fingerprint density at radius 1 is 0.559 bits per heavy atom. The van der Waals surface area contributed by atoms with Crippen molar-refractivity contribution in [1.29, 1.82) is 0 Å². The Morgan fingerprint density at radius 3 is 1.06 bits per heavy atom. The van der Waals surface area contributed by atoms with Gasteiger partial charge in [-0.2, -0.15) is 0 Å². The molecule has 0 spiro atoms. The standard InChI is InChI=1S/2C13H23BO3/c2*1-9-7-11(8-10(2)15-9)14-16-12(3,4)13(5,6)17-14/h2*7,9-10H,8H2,1-6H3/t2*9-,10-/m10/s1. The van der Waals surface area contributed by atoms with Crippen LogP contribution in [0.1, 0.15) is 95.9 Å². The first-order chi connectivity index (χ1) is 15.4. The second kappa shape index (κ2) is 9.68. The molecule has 0 aromatic rings. The predicted molar refractivity (Wildman–Crippen MR) is 138 cm³/mol. The summed E-state index contributed by atoms with van der Waals surface area (Å²) >= 11 is 0. The van der Waals surface area contributed by atoms with E-state index in [9.17, 15) is 0 Å². The molecule has 4 heterocycles. The topological polar surface area (TPSA) is 55.4 Å². The number of hydrogen-bond acceptors (Lipinski definition) is 6. The zero-order valence-electron chi connectivity index (χ0n) is 23.5. The van der Waals surface area contributed by atoms with E-state index in [-0.39, 0.29) is 61.1 Å². The van der Waals surface area contributed by atoms with Crippen molar-refractivity contribution in [3.05, 3.63) is 23.1 Å². The van der Waals surface area contributed by atoms with Crippen molar-refractivity contribution in [2.75, 3.05) is 0 Å². The molecule has 8 heteroatoms. The molecule has 0 saturated carbocycles. The Kier molecular flexibility index (Phi) is 7.96.